The van der Waals surface area contributed by atoms with Gasteiger partial charge in [0.15, 0.2) is 0 Å². The van der Waals surface area contributed by atoms with Crippen LogP contribution in [-0.2, 0) is 0 Å². The van der Waals surface area contributed by atoms with Crippen molar-refractivity contribution in [3.05, 3.63) is 77.1 Å². The second-order valence-corrected chi connectivity index (χ2v) is 7.28. The summed E-state index contributed by atoms with van der Waals surface area (Å²) in [6, 6.07) is 13.9. The second kappa shape index (κ2) is 8.84. The van der Waals surface area contributed by atoms with Gasteiger partial charge in [0.05, 0.1) is 32.7 Å². The molecule has 0 amide bonds. The topological polar surface area (TPSA) is 63.9 Å². The zero-order chi connectivity index (χ0) is 20.9. The molecular weight excluding hydrogens is 396 g/mol. The summed E-state index contributed by atoms with van der Waals surface area (Å²) in [4.78, 5) is 8.65. The first-order valence-electron chi connectivity index (χ1n) is 9.40. The van der Waals surface area contributed by atoms with Crippen LogP contribution in [0.1, 0.15) is 5.56 Å². The molecule has 1 N–H and O–H groups in total. The van der Waals surface area contributed by atoms with E-state index in [4.69, 9.17) is 14.6 Å². The molecule has 7 heteroatoms. The lowest BCUT2D eigenvalue weighted by Crippen LogP contribution is -2.12. The van der Waals surface area contributed by atoms with Gasteiger partial charge in [-0.3, -0.25) is 4.99 Å². The van der Waals surface area contributed by atoms with E-state index in [2.05, 4.69) is 22.6 Å². The van der Waals surface area contributed by atoms with Crippen LogP contribution in [0.3, 0.4) is 0 Å². The molecule has 0 saturated carbocycles. The number of benzene rings is 2. The van der Waals surface area contributed by atoms with E-state index in [1.807, 2.05) is 58.9 Å². The molecule has 0 atom stereocenters. The van der Waals surface area contributed by atoms with Gasteiger partial charge in [-0.15, -0.1) is 17.9 Å². The fraction of sp³-hybridized carbons (Fsp3) is 0.130. The smallest absolute Gasteiger partial charge is 0.206 e. The average molecular weight is 419 g/mol. The summed E-state index contributed by atoms with van der Waals surface area (Å²) in [6.45, 7) is 4.28. The van der Waals surface area contributed by atoms with Crippen molar-refractivity contribution in [1.82, 2.24) is 9.66 Å². The predicted octanol–water partition coefficient (Wildman–Crippen LogP) is 4.68. The first kappa shape index (κ1) is 19.7. The third kappa shape index (κ3) is 3.79. The van der Waals surface area contributed by atoms with Crippen molar-refractivity contribution in [3.8, 4) is 22.8 Å². The Balaban J connectivity index is 1.84. The number of fused-ring (bicyclic) bond motifs is 1. The summed E-state index contributed by atoms with van der Waals surface area (Å²) in [7, 11) is 3.28. The highest BCUT2D eigenvalue weighted by atomic mass is 32.1. The van der Waals surface area contributed by atoms with Gasteiger partial charge in [0.2, 0.25) is 4.80 Å². The highest BCUT2D eigenvalue weighted by molar-refractivity contribution is 7.07. The lowest BCUT2D eigenvalue weighted by molar-refractivity contribution is 0.395. The van der Waals surface area contributed by atoms with Gasteiger partial charge >= 0.3 is 0 Å². The number of nitrogens with zero attached hydrogens (tertiary/aromatic N) is 3. The molecule has 0 aliphatic heterocycles. The Morgan fingerprint density at radius 1 is 1.17 bits per heavy atom. The molecule has 4 rings (SSSR count). The molecule has 0 aliphatic carbocycles. The number of ether oxygens (including phenoxy) is 2. The van der Waals surface area contributed by atoms with Crippen molar-refractivity contribution in [2.24, 2.45) is 10.1 Å². The average Bonchev–Trinajstić information content (AvgIpc) is 3.39. The van der Waals surface area contributed by atoms with Crippen LogP contribution in [0.2, 0.25) is 0 Å². The minimum Gasteiger partial charge on any atom is -0.497 e. The van der Waals surface area contributed by atoms with E-state index < -0.39 is 0 Å². The standard InChI is InChI=1S/C23H22N4O2S/c1-4-11-24-23-27(26-14-16-13-25-20-8-6-5-7-18(16)20)21(15-30-23)19-10-9-17(28-2)12-22(19)29-3/h4-10,12-15,25H,1,11H2,2-3H3. The Hall–Kier alpha value is -3.58. The zero-order valence-corrected chi connectivity index (χ0v) is 17.6. The minimum atomic E-state index is 0.516. The maximum Gasteiger partial charge on any atom is 0.206 e. The summed E-state index contributed by atoms with van der Waals surface area (Å²) in [5, 5.41) is 7.92. The molecule has 2 aromatic heterocycles. The van der Waals surface area contributed by atoms with Gasteiger partial charge in [-0.25, -0.2) is 4.68 Å². The maximum absolute atomic E-state index is 5.60. The normalized spacial score (nSPS) is 12.0. The van der Waals surface area contributed by atoms with Crippen LogP contribution in [0.4, 0.5) is 0 Å². The minimum absolute atomic E-state index is 0.516. The number of nitrogens with one attached hydrogen (secondary N) is 1. The molecule has 4 aromatic rings. The molecule has 0 spiro atoms. The van der Waals surface area contributed by atoms with Gasteiger partial charge in [-0.2, -0.15) is 5.10 Å². The van der Waals surface area contributed by atoms with E-state index in [1.165, 1.54) is 11.3 Å². The SMILES string of the molecule is C=CCN=c1scc(-c2ccc(OC)cc2OC)n1N=Cc1c[nH]c2ccccc12. The van der Waals surface area contributed by atoms with Crippen LogP contribution >= 0.6 is 11.3 Å². The molecule has 0 saturated heterocycles. The Kier molecular flexibility index (Phi) is 5.81. The lowest BCUT2D eigenvalue weighted by atomic mass is 10.1. The van der Waals surface area contributed by atoms with E-state index in [1.54, 1.807) is 20.3 Å². The fourth-order valence-corrected chi connectivity index (χ4v) is 4.02. The zero-order valence-electron chi connectivity index (χ0n) is 16.8. The molecule has 0 radical (unpaired) electrons. The van der Waals surface area contributed by atoms with E-state index in [0.717, 1.165) is 38.3 Å². The van der Waals surface area contributed by atoms with Crippen LogP contribution in [-0.4, -0.2) is 36.6 Å². The number of aromatic nitrogens is 2. The van der Waals surface area contributed by atoms with Gasteiger partial charge in [0, 0.05) is 39.7 Å². The van der Waals surface area contributed by atoms with Gasteiger partial charge in [-0.05, 0) is 18.2 Å². The summed E-state index contributed by atoms with van der Waals surface area (Å²) in [5.41, 5.74) is 3.87. The van der Waals surface area contributed by atoms with Crippen LogP contribution in [0.25, 0.3) is 22.2 Å². The van der Waals surface area contributed by atoms with Gasteiger partial charge in [-0.1, -0.05) is 24.3 Å². The molecule has 0 fully saturated rings. The van der Waals surface area contributed by atoms with Crippen molar-refractivity contribution in [2.45, 2.75) is 0 Å². The van der Waals surface area contributed by atoms with E-state index in [9.17, 15) is 0 Å². The highest BCUT2D eigenvalue weighted by Crippen LogP contribution is 2.33. The van der Waals surface area contributed by atoms with E-state index in [0.29, 0.717) is 12.3 Å². The quantitative estimate of drug-likeness (QED) is 0.350. The van der Waals surface area contributed by atoms with Gasteiger partial charge in [0.1, 0.15) is 11.5 Å². The first-order chi connectivity index (χ1) is 14.7. The first-order valence-corrected chi connectivity index (χ1v) is 10.3. The number of hydrogen-bond donors (Lipinski definition) is 1. The van der Waals surface area contributed by atoms with E-state index >= 15 is 0 Å². The van der Waals surface area contributed by atoms with Gasteiger partial charge < -0.3 is 14.5 Å². The molecule has 152 valence electrons. The van der Waals surface area contributed by atoms with Crippen LogP contribution in [0.5, 0.6) is 11.5 Å². The van der Waals surface area contributed by atoms with Crippen LogP contribution in [0, 0.1) is 0 Å². The predicted molar refractivity (Wildman–Crippen MR) is 123 cm³/mol. The van der Waals surface area contributed by atoms with Crippen LogP contribution < -0.4 is 14.3 Å². The Bertz CT molecular complexity index is 1280. The number of rotatable bonds is 7. The monoisotopic (exact) mass is 418 g/mol. The molecule has 0 unspecified atom stereocenters. The fourth-order valence-electron chi connectivity index (χ4n) is 3.18. The third-order valence-electron chi connectivity index (χ3n) is 4.66. The van der Waals surface area contributed by atoms with Crippen molar-refractivity contribution in [1.29, 1.82) is 0 Å². The Morgan fingerprint density at radius 3 is 2.83 bits per heavy atom. The van der Waals surface area contributed by atoms with Crippen LogP contribution in [0.15, 0.2) is 76.8 Å². The molecule has 30 heavy (non-hydrogen) atoms. The molecule has 0 aliphatic rings. The number of aromatic amines is 1. The Labute approximate surface area is 178 Å². The summed E-state index contributed by atoms with van der Waals surface area (Å²) >= 11 is 1.52. The maximum atomic E-state index is 5.60. The summed E-state index contributed by atoms with van der Waals surface area (Å²) in [6.07, 6.45) is 5.56. The summed E-state index contributed by atoms with van der Waals surface area (Å²) < 4.78 is 12.8. The van der Waals surface area contributed by atoms with E-state index in [-0.39, 0.29) is 0 Å². The Morgan fingerprint density at radius 2 is 2.03 bits per heavy atom. The van der Waals surface area contributed by atoms with Crippen molar-refractivity contribution >= 4 is 28.5 Å². The highest BCUT2D eigenvalue weighted by Gasteiger charge is 2.14. The van der Waals surface area contributed by atoms with Crippen molar-refractivity contribution in [2.75, 3.05) is 20.8 Å². The number of H-pyrrole nitrogens is 1. The molecule has 0 bridgehead atoms. The number of methoxy groups -OCH3 is 2. The number of thiazole rings is 1. The largest absolute Gasteiger partial charge is 0.497 e. The molecule has 2 heterocycles. The molecule has 6 nitrogen and oxygen atoms in total. The third-order valence-corrected chi connectivity index (χ3v) is 5.51. The van der Waals surface area contributed by atoms with Gasteiger partial charge in [0.25, 0.3) is 0 Å². The lowest BCUT2D eigenvalue weighted by Gasteiger charge is -2.10. The molecule has 2 aromatic carbocycles. The summed E-state index contributed by atoms with van der Waals surface area (Å²) in [5.74, 6) is 1.44. The second-order valence-electron chi connectivity index (χ2n) is 6.45. The van der Waals surface area contributed by atoms with Crippen molar-refractivity contribution in [3.63, 3.8) is 0 Å². The number of para-hydroxylation sites is 1. The number of hydrogen-bond acceptors (Lipinski definition) is 5. The van der Waals surface area contributed by atoms with Crippen molar-refractivity contribution < 1.29 is 9.47 Å². The molecular formula is C23H22N4O2S.